The third kappa shape index (κ3) is 3.26. The minimum absolute atomic E-state index is 0.750. The van der Waals surface area contributed by atoms with Gasteiger partial charge in [0.05, 0.1) is 7.11 Å². The monoisotopic (exact) mass is 245 g/mol. The summed E-state index contributed by atoms with van der Waals surface area (Å²) in [6.45, 7) is 3.85. The second-order valence-corrected chi connectivity index (χ2v) is 4.17. The van der Waals surface area contributed by atoms with Crippen LogP contribution in [-0.2, 0) is 13.1 Å². The average Bonchev–Trinajstić information content (AvgIpc) is 2.85. The summed E-state index contributed by atoms with van der Waals surface area (Å²) >= 11 is 0. The molecule has 4 nitrogen and oxygen atoms in total. The van der Waals surface area contributed by atoms with Crippen molar-refractivity contribution in [3.8, 4) is 5.75 Å². The molecule has 0 spiro atoms. The molecule has 0 saturated heterocycles. The number of rotatable bonds is 6. The number of aromatic nitrogens is 2. The molecule has 0 radical (unpaired) electrons. The topological polar surface area (TPSA) is 39.1 Å². The van der Waals surface area contributed by atoms with Crippen molar-refractivity contribution in [3.63, 3.8) is 0 Å². The summed E-state index contributed by atoms with van der Waals surface area (Å²) in [4.78, 5) is 0. The van der Waals surface area contributed by atoms with Crippen molar-refractivity contribution in [2.75, 3.05) is 12.4 Å². The van der Waals surface area contributed by atoms with Gasteiger partial charge in [0.15, 0.2) is 0 Å². The van der Waals surface area contributed by atoms with Gasteiger partial charge in [0, 0.05) is 25.4 Å². The summed E-state index contributed by atoms with van der Waals surface area (Å²) in [6.07, 6.45) is 3.09. The molecule has 1 N–H and O–H groups in total. The van der Waals surface area contributed by atoms with Crippen molar-refractivity contribution in [3.05, 3.63) is 42.1 Å². The van der Waals surface area contributed by atoms with Crippen molar-refractivity contribution < 1.29 is 4.74 Å². The zero-order valence-electron chi connectivity index (χ0n) is 10.9. The first-order valence-corrected chi connectivity index (χ1v) is 6.22. The van der Waals surface area contributed by atoms with Crippen LogP contribution >= 0.6 is 0 Å². The molecule has 1 heterocycles. The molecule has 1 aromatic carbocycles. The van der Waals surface area contributed by atoms with E-state index >= 15 is 0 Å². The molecule has 0 unspecified atom stereocenters. The molecule has 2 aromatic rings. The predicted molar refractivity (Wildman–Crippen MR) is 72.8 cm³/mol. The lowest BCUT2D eigenvalue weighted by Gasteiger charge is -2.05. The molecule has 0 aliphatic rings. The zero-order valence-corrected chi connectivity index (χ0v) is 10.9. The molecule has 1 aromatic heterocycles. The van der Waals surface area contributed by atoms with Gasteiger partial charge in [-0.3, -0.25) is 4.68 Å². The van der Waals surface area contributed by atoms with Crippen LogP contribution in [0.5, 0.6) is 5.75 Å². The Hall–Kier alpha value is -1.97. The van der Waals surface area contributed by atoms with Crippen LogP contribution in [0.3, 0.4) is 0 Å². The molecule has 0 fully saturated rings. The molecule has 0 saturated carbocycles. The van der Waals surface area contributed by atoms with Crippen molar-refractivity contribution in [1.82, 2.24) is 9.78 Å². The summed E-state index contributed by atoms with van der Waals surface area (Å²) in [6, 6.07) is 10.0. The van der Waals surface area contributed by atoms with Crippen molar-refractivity contribution in [2.45, 2.75) is 26.4 Å². The predicted octanol–water partition coefficient (Wildman–Crippen LogP) is 2.91. The smallest absolute Gasteiger partial charge is 0.148 e. The zero-order chi connectivity index (χ0) is 12.8. The molecule has 96 valence electrons. The number of nitrogens with one attached hydrogen (secondary N) is 1. The number of benzene rings is 1. The van der Waals surface area contributed by atoms with Crippen LogP contribution in [0.2, 0.25) is 0 Å². The van der Waals surface area contributed by atoms with Gasteiger partial charge in [-0.2, -0.15) is 5.10 Å². The Morgan fingerprint density at radius 1 is 1.33 bits per heavy atom. The Balaban J connectivity index is 1.93. The van der Waals surface area contributed by atoms with Crippen LogP contribution in [0.4, 0.5) is 5.82 Å². The number of hydrogen-bond donors (Lipinski definition) is 1. The van der Waals surface area contributed by atoms with E-state index in [4.69, 9.17) is 4.74 Å². The molecule has 0 aliphatic carbocycles. The molecule has 18 heavy (non-hydrogen) atoms. The van der Waals surface area contributed by atoms with Gasteiger partial charge < -0.3 is 10.1 Å². The van der Waals surface area contributed by atoms with E-state index in [1.165, 1.54) is 5.56 Å². The number of hydrogen-bond acceptors (Lipinski definition) is 3. The van der Waals surface area contributed by atoms with Gasteiger partial charge in [-0.05, 0) is 24.1 Å². The van der Waals surface area contributed by atoms with Crippen molar-refractivity contribution >= 4 is 5.82 Å². The number of ether oxygens (including phenoxy) is 1. The first-order chi connectivity index (χ1) is 8.81. The van der Waals surface area contributed by atoms with Crippen molar-refractivity contribution in [2.24, 2.45) is 0 Å². The fraction of sp³-hybridized carbons (Fsp3) is 0.357. The van der Waals surface area contributed by atoms with Crippen molar-refractivity contribution in [1.29, 1.82) is 0 Å². The largest absolute Gasteiger partial charge is 0.497 e. The van der Waals surface area contributed by atoms with Crippen LogP contribution in [0, 0.1) is 0 Å². The van der Waals surface area contributed by atoms with Gasteiger partial charge in [0.1, 0.15) is 11.6 Å². The second-order valence-electron chi connectivity index (χ2n) is 4.17. The lowest BCUT2D eigenvalue weighted by atomic mass is 10.2. The molecule has 4 heteroatoms. The van der Waals surface area contributed by atoms with Gasteiger partial charge in [0.2, 0.25) is 0 Å². The van der Waals surface area contributed by atoms with Gasteiger partial charge >= 0.3 is 0 Å². The van der Waals surface area contributed by atoms with E-state index in [0.29, 0.717) is 0 Å². The Morgan fingerprint density at radius 3 is 3.00 bits per heavy atom. The number of methoxy groups -OCH3 is 1. The Kier molecular flexibility index (Phi) is 4.23. The van der Waals surface area contributed by atoms with Crippen LogP contribution < -0.4 is 10.1 Å². The fourth-order valence-electron chi connectivity index (χ4n) is 1.78. The van der Waals surface area contributed by atoms with E-state index in [9.17, 15) is 0 Å². The second kappa shape index (κ2) is 6.10. The lowest BCUT2D eigenvalue weighted by molar-refractivity contribution is 0.414. The highest BCUT2D eigenvalue weighted by Gasteiger charge is 1.99. The highest BCUT2D eigenvalue weighted by Crippen LogP contribution is 2.13. The summed E-state index contributed by atoms with van der Waals surface area (Å²) in [5, 5.41) is 7.74. The van der Waals surface area contributed by atoms with Crippen LogP contribution in [0.15, 0.2) is 36.5 Å². The SMILES string of the molecule is CCCn1ccc(NCc2cccc(OC)c2)n1. The quantitative estimate of drug-likeness (QED) is 0.850. The van der Waals surface area contributed by atoms with E-state index in [1.807, 2.05) is 35.1 Å². The van der Waals surface area contributed by atoms with Gasteiger partial charge in [-0.25, -0.2) is 0 Å². The molecule has 0 aliphatic heterocycles. The molecule has 0 bridgehead atoms. The third-order valence-electron chi connectivity index (χ3n) is 2.70. The highest BCUT2D eigenvalue weighted by molar-refractivity contribution is 5.36. The summed E-state index contributed by atoms with van der Waals surface area (Å²) in [5.41, 5.74) is 1.18. The molecule has 0 atom stereocenters. The van der Waals surface area contributed by atoms with Crippen LogP contribution in [0.25, 0.3) is 0 Å². The van der Waals surface area contributed by atoms with E-state index < -0.39 is 0 Å². The van der Waals surface area contributed by atoms with Crippen LogP contribution in [0.1, 0.15) is 18.9 Å². The highest BCUT2D eigenvalue weighted by atomic mass is 16.5. The first-order valence-electron chi connectivity index (χ1n) is 6.22. The standard InChI is InChI=1S/C14H19N3O/c1-3-8-17-9-7-14(16-17)15-11-12-5-4-6-13(10-12)18-2/h4-7,9-10H,3,8,11H2,1-2H3,(H,15,16). The molecular formula is C14H19N3O. The first kappa shape index (κ1) is 12.5. The minimum Gasteiger partial charge on any atom is -0.497 e. The number of nitrogens with zero attached hydrogens (tertiary/aromatic N) is 2. The van der Waals surface area contributed by atoms with Gasteiger partial charge in [-0.1, -0.05) is 19.1 Å². The maximum atomic E-state index is 5.20. The summed E-state index contributed by atoms with van der Waals surface area (Å²) in [7, 11) is 1.68. The Bertz CT molecular complexity index is 493. The maximum Gasteiger partial charge on any atom is 0.148 e. The maximum absolute atomic E-state index is 5.20. The Morgan fingerprint density at radius 2 is 2.22 bits per heavy atom. The van der Waals surface area contributed by atoms with E-state index in [2.05, 4.69) is 23.4 Å². The normalized spacial score (nSPS) is 10.3. The van der Waals surface area contributed by atoms with Gasteiger partial charge in [0.25, 0.3) is 0 Å². The Labute approximate surface area is 108 Å². The molecule has 0 amide bonds. The molecular weight excluding hydrogens is 226 g/mol. The fourth-order valence-corrected chi connectivity index (χ4v) is 1.78. The molecule has 2 rings (SSSR count). The van der Waals surface area contributed by atoms with E-state index in [0.717, 1.165) is 31.1 Å². The number of anilines is 1. The minimum atomic E-state index is 0.750. The van der Waals surface area contributed by atoms with Crippen LogP contribution in [-0.4, -0.2) is 16.9 Å². The third-order valence-corrected chi connectivity index (χ3v) is 2.70. The summed E-state index contributed by atoms with van der Waals surface area (Å²) in [5.74, 6) is 1.79. The van der Waals surface area contributed by atoms with E-state index in [-0.39, 0.29) is 0 Å². The van der Waals surface area contributed by atoms with Gasteiger partial charge in [-0.15, -0.1) is 0 Å². The lowest BCUT2D eigenvalue weighted by Crippen LogP contribution is -2.02. The summed E-state index contributed by atoms with van der Waals surface area (Å²) < 4.78 is 7.15. The number of aryl methyl sites for hydroxylation is 1. The average molecular weight is 245 g/mol. The van der Waals surface area contributed by atoms with E-state index in [1.54, 1.807) is 7.11 Å².